The zero-order valence-electron chi connectivity index (χ0n) is 12.8. The number of nitrogens with zero attached hydrogens (tertiary/aromatic N) is 1. The van der Waals surface area contributed by atoms with E-state index in [0.29, 0.717) is 25.9 Å². The fraction of sp³-hybridized carbons (Fsp3) is 0.294. The number of likely N-dealkylation sites (tertiary alicyclic amines) is 1. The van der Waals surface area contributed by atoms with Crippen LogP contribution in [-0.2, 0) is 4.79 Å². The maximum absolute atomic E-state index is 13.6. The molecule has 5 nitrogen and oxygen atoms in total. The van der Waals surface area contributed by atoms with E-state index in [1.54, 1.807) is 17.0 Å². The molecule has 1 aliphatic rings. The maximum Gasteiger partial charge on any atom is 0.289 e. The van der Waals surface area contributed by atoms with E-state index in [0.717, 1.165) is 12.1 Å². The molecule has 1 aromatic heterocycles. The predicted molar refractivity (Wildman–Crippen MR) is 82.3 cm³/mol. The van der Waals surface area contributed by atoms with E-state index >= 15 is 0 Å². The average Bonchev–Trinajstić information content (AvgIpc) is 3.12. The number of rotatable bonds is 3. The highest BCUT2D eigenvalue weighted by Crippen LogP contribution is 2.23. The molecule has 2 aromatic rings. The van der Waals surface area contributed by atoms with Crippen LogP contribution in [0.2, 0.25) is 0 Å². The van der Waals surface area contributed by atoms with Gasteiger partial charge in [0.1, 0.15) is 17.3 Å². The molecule has 1 N–H and O–H groups in total. The summed E-state index contributed by atoms with van der Waals surface area (Å²) < 4.78 is 32.2. The smallest absolute Gasteiger partial charge is 0.289 e. The topological polar surface area (TPSA) is 62.6 Å². The van der Waals surface area contributed by atoms with Gasteiger partial charge in [-0.15, -0.1) is 0 Å². The van der Waals surface area contributed by atoms with Crippen molar-refractivity contribution in [3.8, 4) is 0 Å². The Morgan fingerprint density at radius 2 is 1.75 bits per heavy atom. The summed E-state index contributed by atoms with van der Waals surface area (Å²) in [6, 6.07) is 6.63. The van der Waals surface area contributed by atoms with Crippen molar-refractivity contribution in [2.45, 2.75) is 12.8 Å². The van der Waals surface area contributed by atoms with Crippen molar-refractivity contribution in [1.82, 2.24) is 4.90 Å². The summed E-state index contributed by atoms with van der Waals surface area (Å²) in [5.41, 5.74) is -0.434. The zero-order chi connectivity index (χ0) is 17.1. The maximum atomic E-state index is 13.6. The van der Waals surface area contributed by atoms with Crippen molar-refractivity contribution in [3.05, 3.63) is 54.0 Å². The SMILES string of the molecule is O=C(Nc1c(F)cccc1F)C1CCN(C(=O)c2ccco2)CC1. The molecule has 0 bridgehead atoms. The van der Waals surface area contributed by atoms with Crippen LogP contribution in [0.4, 0.5) is 14.5 Å². The summed E-state index contributed by atoms with van der Waals surface area (Å²) in [6.45, 7) is 0.773. The highest BCUT2D eigenvalue weighted by atomic mass is 19.1. The van der Waals surface area contributed by atoms with Crippen LogP contribution in [0.25, 0.3) is 0 Å². The average molecular weight is 334 g/mol. The van der Waals surface area contributed by atoms with Crippen LogP contribution in [0.1, 0.15) is 23.4 Å². The van der Waals surface area contributed by atoms with Crippen molar-refractivity contribution in [1.29, 1.82) is 0 Å². The lowest BCUT2D eigenvalue weighted by molar-refractivity contribution is -0.121. The Hall–Kier alpha value is -2.70. The van der Waals surface area contributed by atoms with E-state index in [1.165, 1.54) is 12.3 Å². The Labute approximate surface area is 137 Å². The van der Waals surface area contributed by atoms with E-state index < -0.39 is 29.1 Å². The first-order valence-electron chi connectivity index (χ1n) is 7.64. The predicted octanol–water partition coefficient (Wildman–Crippen LogP) is 3.05. The Morgan fingerprint density at radius 3 is 2.33 bits per heavy atom. The largest absolute Gasteiger partial charge is 0.459 e. The van der Waals surface area contributed by atoms with Gasteiger partial charge in [0.15, 0.2) is 5.76 Å². The second kappa shape index (κ2) is 6.82. The molecule has 126 valence electrons. The molecule has 0 radical (unpaired) electrons. The first-order valence-corrected chi connectivity index (χ1v) is 7.64. The second-order valence-electron chi connectivity index (χ2n) is 5.63. The van der Waals surface area contributed by atoms with Gasteiger partial charge in [-0.3, -0.25) is 9.59 Å². The van der Waals surface area contributed by atoms with E-state index in [9.17, 15) is 18.4 Å². The lowest BCUT2D eigenvalue weighted by atomic mass is 9.95. The van der Waals surface area contributed by atoms with Crippen LogP contribution >= 0.6 is 0 Å². The molecular formula is C17H16F2N2O3. The number of hydrogen-bond donors (Lipinski definition) is 1. The van der Waals surface area contributed by atoms with Gasteiger partial charge in [0.25, 0.3) is 5.91 Å². The number of hydrogen-bond acceptors (Lipinski definition) is 3. The number of anilines is 1. The van der Waals surface area contributed by atoms with Crippen LogP contribution in [0, 0.1) is 17.6 Å². The molecule has 1 aromatic carbocycles. The molecule has 7 heteroatoms. The molecule has 0 unspecified atom stereocenters. The minimum absolute atomic E-state index is 0.223. The molecule has 0 saturated carbocycles. The first kappa shape index (κ1) is 16.2. The molecule has 2 amide bonds. The standard InChI is InChI=1S/C17H16F2N2O3/c18-12-3-1-4-13(19)15(12)20-16(22)11-6-8-21(9-7-11)17(23)14-5-2-10-24-14/h1-5,10-11H,6-9H2,(H,20,22). The van der Waals surface area contributed by atoms with Crippen LogP contribution in [0.3, 0.4) is 0 Å². The van der Waals surface area contributed by atoms with Crippen molar-refractivity contribution in [2.75, 3.05) is 18.4 Å². The summed E-state index contributed by atoms with van der Waals surface area (Å²) in [5, 5.41) is 2.31. The number of para-hydroxylation sites is 1. The second-order valence-corrected chi connectivity index (χ2v) is 5.63. The molecule has 2 heterocycles. The number of benzene rings is 1. The third-order valence-electron chi connectivity index (χ3n) is 4.10. The monoisotopic (exact) mass is 334 g/mol. The first-order chi connectivity index (χ1) is 11.6. The van der Waals surface area contributed by atoms with E-state index in [2.05, 4.69) is 5.32 Å². The summed E-state index contributed by atoms with van der Waals surface area (Å²) in [5.74, 6) is -2.43. The van der Waals surface area contributed by atoms with Gasteiger partial charge in [-0.05, 0) is 37.1 Å². The number of piperidine rings is 1. The van der Waals surface area contributed by atoms with Crippen LogP contribution in [0.15, 0.2) is 41.0 Å². The number of carbonyl (C=O) groups is 2. The normalized spacial score (nSPS) is 15.3. The van der Waals surface area contributed by atoms with Crippen LogP contribution in [-0.4, -0.2) is 29.8 Å². The summed E-state index contributed by atoms with van der Waals surface area (Å²) in [7, 11) is 0. The van der Waals surface area contributed by atoms with Crippen LogP contribution < -0.4 is 5.32 Å². The fourth-order valence-electron chi connectivity index (χ4n) is 2.74. The number of halogens is 2. The summed E-state index contributed by atoms with van der Waals surface area (Å²) in [4.78, 5) is 26.0. The van der Waals surface area contributed by atoms with Gasteiger partial charge in [0, 0.05) is 19.0 Å². The van der Waals surface area contributed by atoms with Gasteiger partial charge < -0.3 is 14.6 Å². The molecule has 3 rings (SSSR count). The van der Waals surface area contributed by atoms with Gasteiger partial charge in [-0.2, -0.15) is 0 Å². The highest BCUT2D eigenvalue weighted by Gasteiger charge is 2.29. The molecule has 0 spiro atoms. The van der Waals surface area contributed by atoms with Gasteiger partial charge in [0.2, 0.25) is 5.91 Å². The Morgan fingerprint density at radius 1 is 1.08 bits per heavy atom. The zero-order valence-corrected chi connectivity index (χ0v) is 12.8. The molecule has 0 atom stereocenters. The van der Waals surface area contributed by atoms with E-state index in [-0.39, 0.29) is 11.7 Å². The number of carbonyl (C=O) groups excluding carboxylic acids is 2. The van der Waals surface area contributed by atoms with Gasteiger partial charge in [-0.25, -0.2) is 8.78 Å². The number of nitrogens with one attached hydrogen (secondary N) is 1. The van der Waals surface area contributed by atoms with Gasteiger partial charge in [0.05, 0.1) is 6.26 Å². The van der Waals surface area contributed by atoms with Crippen molar-refractivity contribution in [2.24, 2.45) is 5.92 Å². The van der Waals surface area contributed by atoms with E-state index in [1.807, 2.05) is 0 Å². The van der Waals surface area contributed by atoms with Gasteiger partial charge >= 0.3 is 0 Å². The molecule has 24 heavy (non-hydrogen) atoms. The Balaban J connectivity index is 1.58. The summed E-state index contributed by atoms with van der Waals surface area (Å²) >= 11 is 0. The minimum atomic E-state index is -0.811. The minimum Gasteiger partial charge on any atom is -0.459 e. The van der Waals surface area contributed by atoms with E-state index in [4.69, 9.17) is 4.42 Å². The third kappa shape index (κ3) is 3.29. The number of amides is 2. The molecule has 1 saturated heterocycles. The van der Waals surface area contributed by atoms with Crippen LogP contribution in [0.5, 0.6) is 0 Å². The van der Waals surface area contributed by atoms with Crippen molar-refractivity contribution >= 4 is 17.5 Å². The molecule has 1 fully saturated rings. The lowest BCUT2D eigenvalue weighted by Crippen LogP contribution is -2.41. The van der Waals surface area contributed by atoms with Gasteiger partial charge in [-0.1, -0.05) is 6.07 Å². The third-order valence-corrected chi connectivity index (χ3v) is 4.10. The van der Waals surface area contributed by atoms with Crippen molar-refractivity contribution in [3.63, 3.8) is 0 Å². The Kier molecular flexibility index (Phi) is 4.59. The molecule has 1 aliphatic heterocycles. The lowest BCUT2D eigenvalue weighted by Gasteiger charge is -2.30. The molecular weight excluding hydrogens is 318 g/mol. The van der Waals surface area contributed by atoms with Crippen molar-refractivity contribution < 1.29 is 22.8 Å². The Bertz CT molecular complexity index is 718. The fourth-order valence-corrected chi connectivity index (χ4v) is 2.74. The quantitative estimate of drug-likeness (QED) is 0.938. The summed E-state index contributed by atoms with van der Waals surface area (Å²) in [6.07, 6.45) is 2.28. The highest BCUT2D eigenvalue weighted by molar-refractivity contribution is 5.94. The molecule has 0 aliphatic carbocycles. The number of furan rings is 1.